The maximum atomic E-state index is 9.97. The molecule has 0 saturated carbocycles. The zero-order valence-electron chi connectivity index (χ0n) is 7.11. The summed E-state index contributed by atoms with van der Waals surface area (Å²) in [6.07, 6.45) is 5.52. The number of nitrogens with zero attached hydrogens (tertiary/aromatic N) is 1. The highest BCUT2D eigenvalue weighted by atomic mass is 16.4. The fourth-order valence-electron chi connectivity index (χ4n) is 0.519. The molecule has 0 atom stereocenters. The molecule has 0 aliphatic rings. The smallest absolute Gasteiger partial charge is 0.328 e. The molecule has 0 bridgehead atoms. The van der Waals surface area contributed by atoms with Gasteiger partial charge in [-0.2, -0.15) is 0 Å². The fraction of sp³-hybridized carbons (Fsp3) is 0.250. The number of aromatic nitrogens is 2. The summed E-state index contributed by atoms with van der Waals surface area (Å²) in [6.45, 7) is 4.00. The van der Waals surface area contributed by atoms with Crippen LogP contribution < -0.4 is 0 Å². The molecule has 0 aliphatic heterocycles. The van der Waals surface area contributed by atoms with Crippen LogP contribution in [0.5, 0.6) is 0 Å². The van der Waals surface area contributed by atoms with Gasteiger partial charge in [0.15, 0.2) is 0 Å². The zero-order valence-corrected chi connectivity index (χ0v) is 7.11. The molecule has 12 heavy (non-hydrogen) atoms. The van der Waals surface area contributed by atoms with Gasteiger partial charge in [0.1, 0.15) is 0 Å². The van der Waals surface area contributed by atoms with Crippen molar-refractivity contribution in [2.45, 2.75) is 13.8 Å². The predicted molar refractivity (Wildman–Crippen MR) is 46.6 cm³/mol. The van der Waals surface area contributed by atoms with E-state index in [4.69, 9.17) is 5.11 Å². The molecule has 0 saturated heterocycles. The van der Waals surface area contributed by atoms with E-state index in [-0.39, 0.29) is 0 Å². The molecule has 0 fully saturated rings. The molecule has 1 aromatic heterocycles. The SMILES string of the molecule is CC.O=C(O)/C=C/c1cnc[nH]1. The molecule has 0 aromatic carbocycles. The Bertz CT molecular complexity index is 240. The van der Waals surface area contributed by atoms with Gasteiger partial charge < -0.3 is 10.1 Å². The Hall–Kier alpha value is -1.58. The van der Waals surface area contributed by atoms with Crippen LogP contribution in [0.1, 0.15) is 19.5 Å². The van der Waals surface area contributed by atoms with Crippen LogP contribution in [0.2, 0.25) is 0 Å². The number of rotatable bonds is 2. The van der Waals surface area contributed by atoms with E-state index < -0.39 is 5.97 Å². The Morgan fingerprint density at radius 1 is 1.67 bits per heavy atom. The third-order valence-electron chi connectivity index (χ3n) is 0.925. The molecule has 4 nitrogen and oxygen atoms in total. The normalized spacial score (nSPS) is 9.17. The number of nitrogens with one attached hydrogen (secondary N) is 1. The third kappa shape index (κ3) is 4.27. The summed E-state index contributed by atoms with van der Waals surface area (Å²) < 4.78 is 0. The highest BCUT2D eigenvalue weighted by molar-refractivity contribution is 5.84. The van der Waals surface area contributed by atoms with Gasteiger partial charge in [0.05, 0.1) is 18.2 Å². The van der Waals surface area contributed by atoms with Crippen LogP contribution >= 0.6 is 0 Å². The number of hydrogen-bond acceptors (Lipinski definition) is 2. The molecule has 0 aliphatic carbocycles. The molecule has 0 amide bonds. The zero-order chi connectivity index (χ0) is 9.40. The molecule has 66 valence electrons. The Labute approximate surface area is 71.0 Å². The largest absolute Gasteiger partial charge is 0.478 e. The monoisotopic (exact) mass is 168 g/mol. The molecule has 0 radical (unpaired) electrons. The average molecular weight is 168 g/mol. The molecule has 4 heteroatoms. The number of carboxylic acids is 1. The lowest BCUT2D eigenvalue weighted by atomic mass is 10.4. The summed E-state index contributed by atoms with van der Waals surface area (Å²) in [6, 6.07) is 0. The van der Waals surface area contributed by atoms with Crippen molar-refractivity contribution in [2.75, 3.05) is 0 Å². The topological polar surface area (TPSA) is 66.0 Å². The minimum atomic E-state index is -0.963. The van der Waals surface area contributed by atoms with E-state index in [0.29, 0.717) is 5.69 Å². The quantitative estimate of drug-likeness (QED) is 0.658. The van der Waals surface area contributed by atoms with Gasteiger partial charge in [-0.25, -0.2) is 9.78 Å². The lowest BCUT2D eigenvalue weighted by Gasteiger charge is -1.79. The van der Waals surface area contributed by atoms with E-state index >= 15 is 0 Å². The summed E-state index contributed by atoms with van der Waals surface area (Å²) in [7, 11) is 0. The van der Waals surface area contributed by atoms with Crippen molar-refractivity contribution in [1.29, 1.82) is 0 Å². The molecular weight excluding hydrogens is 156 g/mol. The molecule has 1 rings (SSSR count). The number of imidazole rings is 1. The van der Waals surface area contributed by atoms with Crippen LogP contribution in [-0.4, -0.2) is 21.0 Å². The van der Waals surface area contributed by atoms with Gasteiger partial charge in [0.2, 0.25) is 0 Å². The Kier molecular flexibility index (Phi) is 5.34. The number of aromatic amines is 1. The minimum Gasteiger partial charge on any atom is -0.478 e. The van der Waals surface area contributed by atoms with Gasteiger partial charge >= 0.3 is 5.97 Å². The molecule has 1 aromatic rings. The number of carbonyl (C=O) groups is 1. The first kappa shape index (κ1) is 10.4. The molecule has 1 heterocycles. The number of carboxylic acid groups (broad SMARTS) is 1. The van der Waals surface area contributed by atoms with Crippen molar-refractivity contribution in [3.05, 3.63) is 24.3 Å². The van der Waals surface area contributed by atoms with Crippen molar-refractivity contribution in [3.8, 4) is 0 Å². The van der Waals surface area contributed by atoms with E-state index in [1.54, 1.807) is 6.20 Å². The Morgan fingerprint density at radius 2 is 2.33 bits per heavy atom. The summed E-state index contributed by atoms with van der Waals surface area (Å²) in [5.41, 5.74) is 0.683. The van der Waals surface area contributed by atoms with Gasteiger partial charge in [0.25, 0.3) is 0 Å². The molecular formula is C8H12N2O2. The fourth-order valence-corrected chi connectivity index (χ4v) is 0.519. The van der Waals surface area contributed by atoms with Crippen LogP contribution in [0.4, 0.5) is 0 Å². The van der Waals surface area contributed by atoms with E-state index in [9.17, 15) is 4.79 Å². The van der Waals surface area contributed by atoms with Gasteiger partial charge in [-0.05, 0) is 6.08 Å². The van der Waals surface area contributed by atoms with Crippen molar-refractivity contribution in [2.24, 2.45) is 0 Å². The summed E-state index contributed by atoms with van der Waals surface area (Å²) in [5, 5.41) is 8.19. The maximum Gasteiger partial charge on any atom is 0.328 e. The van der Waals surface area contributed by atoms with Gasteiger partial charge in [-0.15, -0.1) is 0 Å². The highest BCUT2D eigenvalue weighted by Crippen LogP contribution is 1.92. The summed E-state index contributed by atoms with van der Waals surface area (Å²) in [4.78, 5) is 16.4. The van der Waals surface area contributed by atoms with Crippen molar-refractivity contribution < 1.29 is 9.90 Å². The average Bonchev–Trinajstić information content (AvgIpc) is 2.56. The van der Waals surface area contributed by atoms with Crippen LogP contribution in [0.25, 0.3) is 6.08 Å². The highest BCUT2D eigenvalue weighted by Gasteiger charge is 1.87. The predicted octanol–water partition coefficient (Wildman–Crippen LogP) is 1.53. The standard InChI is InChI=1S/C6H6N2O2.C2H6/c9-6(10)2-1-5-3-7-4-8-5;1-2/h1-4H,(H,7,8)(H,9,10);1-2H3/b2-1+;. The first-order chi connectivity index (χ1) is 5.79. The van der Waals surface area contributed by atoms with Crippen LogP contribution in [0.3, 0.4) is 0 Å². The molecule has 0 unspecified atom stereocenters. The van der Waals surface area contributed by atoms with Crippen molar-refractivity contribution >= 4 is 12.0 Å². The minimum absolute atomic E-state index is 0.683. The van der Waals surface area contributed by atoms with Gasteiger partial charge in [0, 0.05) is 6.08 Å². The second kappa shape index (κ2) is 6.15. The van der Waals surface area contributed by atoms with Crippen molar-refractivity contribution in [3.63, 3.8) is 0 Å². The Morgan fingerprint density at radius 3 is 2.75 bits per heavy atom. The van der Waals surface area contributed by atoms with Crippen molar-refractivity contribution in [1.82, 2.24) is 9.97 Å². The Balaban J connectivity index is 0.000000561. The van der Waals surface area contributed by atoms with E-state index in [1.807, 2.05) is 13.8 Å². The second-order valence-corrected chi connectivity index (χ2v) is 1.68. The lowest BCUT2D eigenvalue weighted by Crippen LogP contribution is -1.85. The summed E-state index contributed by atoms with van der Waals surface area (Å²) in [5.74, 6) is -0.963. The van der Waals surface area contributed by atoms with Gasteiger partial charge in [-0.1, -0.05) is 13.8 Å². The lowest BCUT2D eigenvalue weighted by molar-refractivity contribution is -0.131. The van der Waals surface area contributed by atoms with E-state index in [0.717, 1.165) is 6.08 Å². The van der Waals surface area contributed by atoms with Crippen LogP contribution in [0.15, 0.2) is 18.6 Å². The first-order valence-corrected chi connectivity index (χ1v) is 3.68. The molecule has 2 N–H and O–H groups in total. The van der Waals surface area contributed by atoms with Gasteiger partial charge in [-0.3, -0.25) is 0 Å². The van der Waals surface area contributed by atoms with E-state index in [2.05, 4.69) is 9.97 Å². The first-order valence-electron chi connectivity index (χ1n) is 3.68. The van der Waals surface area contributed by atoms with Crippen LogP contribution in [0, 0.1) is 0 Å². The molecule has 0 spiro atoms. The number of H-pyrrole nitrogens is 1. The second-order valence-electron chi connectivity index (χ2n) is 1.68. The number of hydrogen-bond donors (Lipinski definition) is 2. The third-order valence-corrected chi connectivity index (χ3v) is 0.925. The van der Waals surface area contributed by atoms with E-state index in [1.165, 1.54) is 12.4 Å². The summed E-state index contributed by atoms with van der Waals surface area (Å²) >= 11 is 0. The number of aliphatic carboxylic acids is 1. The van der Waals surface area contributed by atoms with Crippen LogP contribution in [-0.2, 0) is 4.79 Å². The maximum absolute atomic E-state index is 9.97.